The summed E-state index contributed by atoms with van der Waals surface area (Å²) in [5, 5.41) is 10.2. The average molecular weight is 253 g/mol. The summed E-state index contributed by atoms with van der Waals surface area (Å²) in [5.74, 6) is 0.564. The van der Waals surface area contributed by atoms with Crippen molar-refractivity contribution >= 4 is 11.1 Å². The molecule has 3 aromatic rings. The number of benzene rings is 2. The molecule has 0 aliphatic heterocycles. The third kappa shape index (κ3) is 2.51. The van der Waals surface area contributed by atoms with Gasteiger partial charge in [-0.25, -0.2) is 4.98 Å². The lowest BCUT2D eigenvalue weighted by Gasteiger charge is -2.08. The van der Waals surface area contributed by atoms with Gasteiger partial charge in [0, 0.05) is 0 Å². The van der Waals surface area contributed by atoms with Gasteiger partial charge in [0.05, 0.1) is 12.5 Å². The van der Waals surface area contributed by atoms with Crippen LogP contribution in [0, 0.1) is 6.92 Å². The van der Waals surface area contributed by atoms with Crippen LogP contribution in [0.3, 0.4) is 0 Å². The van der Waals surface area contributed by atoms with Crippen LogP contribution in [0.25, 0.3) is 11.1 Å². The summed E-state index contributed by atoms with van der Waals surface area (Å²) in [6.45, 7) is 2.02. The summed E-state index contributed by atoms with van der Waals surface area (Å²) in [6.07, 6.45) is -0.203. The normalized spacial score (nSPS) is 12.7. The van der Waals surface area contributed by atoms with Gasteiger partial charge in [0.15, 0.2) is 11.5 Å². The summed E-state index contributed by atoms with van der Waals surface area (Å²) in [4.78, 5) is 4.37. The number of aryl methyl sites for hydroxylation is 1. The molecule has 0 aliphatic carbocycles. The predicted octanol–water partition coefficient (Wildman–Crippen LogP) is 3.41. The Labute approximate surface area is 111 Å². The zero-order valence-corrected chi connectivity index (χ0v) is 10.7. The first-order chi connectivity index (χ1) is 9.22. The molecule has 1 atom stereocenters. The number of oxazole rings is 1. The van der Waals surface area contributed by atoms with Gasteiger partial charge >= 0.3 is 0 Å². The molecule has 3 nitrogen and oxygen atoms in total. The number of para-hydroxylation sites is 2. The molecule has 0 saturated heterocycles. The highest BCUT2D eigenvalue weighted by Crippen LogP contribution is 2.21. The summed E-state index contributed by atoms with van der Waals surface area (Å²) >= 11 is 0. The zero-order valence-electron chi connectivity index (χ0n) is 10.7. The van der Waals surface area contributed by atoms with Gasteiger partial charge in [-0.05, 0) is 24.6 Å². The van der Waals surface area contributed by atoms with Gasteiger partial charge < -0.3 is 9.52 Å². The highest BCUT2D eigenvalue weighted by atomic mass is 16.4. The van der Waals surface area contributed by atoms with E-state index in [9.17, 15) is 5.11 Å². The van der Waals surface area contributed by atoms with Crippen molar-refractivity contribution in [1.29, 1.82) is 0 Å². The van der Waals surface area contributed by atoms with Crippen LogP contribution < -0.4 is 0 Å². The lowest BCUT2D eigenvalue weighted by Crippen LogP contribution is -2.01. The number of rotatable bonds is 3. The molecule has 0 fully saturated rings. The van der Waals surface area contributed by atoms with Crippen molar-refractivity contribution in [3.63, 3.8) is 0 Å². The lowest BCUT2D eigenvalue weighted by atomic mass is 10.1. The Bertz CT molecular complexity index is 652. The van der Waals surface area contributed by atoms with Crippen LogP contribution in [0.2, 0.25) is 0 Å². The first-order valence-corrected chi connectivity index (χ1v) is 6.31. The van der Waals surface area contributed by atoms with E-state index in [1.165, 1.54) is 5.56 Å². The molecule has 1 heterocycles. The summed E-state index contributed by atoms with van der Waals surface area (Å²) in [7, 11) is 0. The quantitative estimate of drug-likeness (QED) is 0.778. The largest absolute Gasteiger partial charge is 0.441 e. The van der Waals surface area contributed by atoms with E-state index in [2.05, 4.69) is 4.98 Å². The Hall–Kier alpha value is -2.13. The molecule has 19 heavy (non-hydrogen) atoms. The number of aliphatic hydroxyl groups excluding tert-OH is 1. The molecule has 0 amide bonds. The Morgan fingerprint density at radius 1 is 1.11 bits per heavy atom. The van der Waals surface area contributed by atoms with E-state index in [0.29, 0.717) is 12.3 Å². The first kappa shape index (κ1) is 11.9. The van der Waals surface area contributed by atoms with E-state index in [4.69, 9.17) is 4.42 Å². The molecule has 1 N–H and O–H groups in total. The van der Waals surface area contributed by atoms with Crippen LogP contribution in [0.4, 0.5) is 0 Å². The number of hydrogen-bond donors (Lipinski definition) is 1. The van der Waals surface area contributed by atoms with E-state index in [-0.39, 0.29) is 0 Å². The molecule has 0 bridgehead atoms. The Balaban J connectivity index is 1.82. The molecule has 2 aromatic carbocycles. The van der Waals surface area contributed by atoms with Gasteiger partial charge in [-0.3, -0.25) is 0 Å². The average Bonchev–Trinajstić information content (AvgIpc) is 2.81. The van der Waals surface area contributed by atoms with Crippen molar-refractivity contribution in [2.45, 2.75) is 19.4 Å². The third-order valence-corrected chi connectivity index (χ3v) is 3.17. The van der Waals surface area contributed by atoms with Crippen LogP contribution in [-0.4, -0.2) is 10.1 Å². The minimum atomic E-state index is -0.589. The number of aliphatic hydroxyl groups is 1. The second-order valence-electron chi connectivity index (χ2n) is 4.71. The van der Waals surface area contributed by atoms with Crippen LogP contribution in [0.1, 0.15) is 23.1 Å². The molecule has 96 valence electrons. The van der Waals surface area contributed by atoms with E-state index in [0.717, 1.165) is 16.7 Å². The van der Waals surface area contributed by atoms with Crippen molar-refractivity contribution in [1.82, 2.24) is 4.98 Å². The Morgan fingerprint density at radius 2 is 1.84 bits per heavy atom. The molecule has 0 spiro atoms. The summed E-state index contributed by atoms with van der Waals surface area (Å²) in [6, 6.07) is 15.5. The molecular formula is C16H15NO2. The fourth-order valence-corrected chi connectivity index (χ4v) is 2.08. The van der Waals surface area contributed by atoms with Crippen molar-refractivity contribution in [2.75, 3.05) is 0 Å². The SMILES string of the molecule is Cc1ccc([C@H](O)Cc2nc3ccccc3o2)cc1. The maximum atomic E-state index is 10.2. The van der Waals surface area contributed by atoms with E-state index in [1.807, 2.05) is 55.5 Å². The van der Waals surface area contributed by atoms with Gasteiger partial charge in [-0.15, -0.1) is 0 Å². The first-order valence-electron chi connectivity index (χ1n) is 6.31. The highest BCUT2D eigenvalue weighted by molar-refractivity contribution is 5.72. The van der Waals surface area contributed by atoms with Gasteiger partial charge in [0.2, 0.25) is 0 Å². The molecule has 3 rings (SSSR count). The van der Waals surface area contributed by atoms with Gasteiger partial charge in [0.1, 0.15) is 5.52 Å². The lowest BCUT2D eigenvalue weighted by molar-refractivity contribution is 0.169. The maximum absolute atomic E-state index is 10.2. The fraction of sp³-hybridized carbons (Fsp3) is 0.188. The predicted molar refractivity (Wildman–Crippen MR) is 73.9 cm³/mol. The topological polar surface area (TPSA) is 46.3 Å². The zero-order chi connectivity index (χ0) is 13.2. The van der Waals surface area contributed by atoms with Gasteiger partial charge in [0.25, 0.3) is 0 Å². The monoisotopic (exact) mass is 253 g/mol. The fourth-order valence-electron chi connectivity index (χ4n) is 2.08. The molecular weight excluding hydrogens is 238 g/mol. The number of hydrogen-bond acceptors (Lipinski definition) is 3. The number of fused-ring (bicyclic) bond motifs is 1. The molecule has 0 radical (unpaired) electrons. The summed E-state index contributed by atoms with van der Waals surface area (Å²) < 4.78 is 5.61. The second-order valence-corrected chi connectivity index (χ2v) is 4.71. The second kappa shape index (κ2) is 4.86. The third-order valence-electron chi connectivity index (χ3n) is 3.17. The van der Waals surface area contributed by atoms with Crippen molar-refractivity contribution in [2.24, 2.45) is 0 Å². The van der Waals surface area contributed by atoms with Crippen molar-refractivity contribution < 1.29 is 9.52 Å². The summed E-state index contributed by atoms with van der Waals surface area (Å²) in [5.41, 5.74) is 3.65. The smallest absolute Gasteiger partial charge is 0.198 e. The molecule has 0 aliphatic rings. The Morgan fingerprint density at radius 3 is 2.58 bits per heavy atom. The minimum absolute atomic E-state index is 0.387. The van der Waals surface area contributed by atoms with Crippen LogP contribution in [-0.2, 0) is 6.42 Å². The molecule has 3 heteroatoms. The van der Waals surface area contributed by atoms with E-state index in [1.54, 1.807) is 0 Å². The standard InChI is InChI=1S/C16H15NO2/c1-11-6-8-12(9-7-11)14(18)10-16-17-13-4-2-3-5-15(13)19-16/h2-9,14,18H,10H2,1H3/t14-/m1/s1. The van der Waals surface area contributed by atoms with Crippen LogP contribution in [0.15, 0.2) is 52.9 Å². The van der Waals surface area contributed by atoms with Gasteiger partial charge in [-0.2, -0.15) is 0 Å². The molecule has 0 saturated carbocycles. The molecule has 0 unspecified atom stereocenters. The van der Waals surface area contributed by atoms with E-state index >= 15 is 0 Å². The van der Waals surface area contributed by atoms with Crippen LogP contribution in [0.5, 0.6) is 0 Å². The van der Waals surface area contributed by atoms with E-state index < -0.39 is 6.10 Å². The molecule has 1 aromatic heterocycles. The minimum Gasteiger partial charge on any atom is -0.441 e. The van der Waals surface area contributed by atoms with Gasteiger partial charge in [-0.1, -0.05) is 42.0 Å². The van der Waals surface area contributed by atoms with Crippen LogP contribution >= 0.6 is 0 Å². The highest BCUT2D eigenvalue weighted by Gasteiger charge is 2.13. The van der Waals surface area contributed by atoms with Crippen molar-refractivity contribution in [3.05, 3.63) is 65.5 Å². The number of aromatic nitrogens is 1. The Kier molecular flexibility index (Phi) is 3.05. The number of nitrogens with zero attached hydrogens (tertiary/aromatic N) is 1. The maximum Gasteiger partial charge on any atom is 0.198 e. The van der Waals surface area contributed by atoms with Crippen molar-refractivity contribution in [3.8, 4) is 0 Å².